The van der Waals surface area contributed by atoms with Gasteiger partial charge in [-0.25, -0.2) is 4.79 Å². The molecule has 15 N–H and O–H groups in total. The number of nitrogens with two attached hydrogens (primary N) is 2. The molecule has 0 unspecified atom stereocenters. The number of nitrogens with one attached hydrogen (secondary N) is 8. The van der Waals surface area contributed by atoms with Crippen molar-refractivity contribution in [3.05, 3.63) is 0 Å². The lowest BCUT2D eigenvalue weighted by Gasteiger charge is -2.29. The van der Waals surface area contributed by atoms with Crippen molar-refractivity contribution in [1.29, 1.82) is 0 Å². The standard InChI is InChI=1S/C39H72N10O12S/c1-19(2)16-26(45-37(58)29(20(3)4)48-34(55)24(12-10-11-14-40)44-38(59)31(23(8)51)47-28(52)17-41)35(56)43-25(13-15-62-9)33(54)42-22(7)32(53)46-27(18-50)36(57)49-30(21(5)6)39(60)61/h19-27,29-31,50-51H,10-18,40-41H2,1-9H3,(H,42,54)(H,43,56)(H,44,59)(H,45,58)(H,46,53)(H,47,52)(H,48,55)(H,49,57)(H,60,61)/t22-,23+,24-,25-,26-,27-,29-,30-,31-/m0/s1. The van der Waals surface area contributed by atoms with E-state index < -0.39 is 133 Å². The maximum Gasteiger partial charge on any atom is 0.326 e. The first-order valence-corrected chi connectivity index (χ1v) is 22.2. The fraction of sp³-hybridized carbons (Fsp3) is 0.769. The summed E-state index contributed by atoms with van der Waals surface area (Å²) in [7, 11) is 0. The van der Waals surface area contributed by atoms with Crippen molar-refractivity contribution < 1.29 is 58.5 Å². The molecule has 0 aliphatic carbocycles. The molecule has 0 aliphatic rings. The van der Waals surface area contributed by atoms with Gasteiger partial charge in [0.1, 0.15) is 48.3 Å². The average Bonchev–Trinajstić information content (AvgIpc) is 3.19. The molecule has 0 aromatic heterocycles. The van der Waals surface area contributed by atoms with Gasteiger partial charge in [-0.1, -0.05) is 41.5 Å². The maximum absolute atomic E-state index is 13.9. The van der Waals surface area contributed by atoms with Gasteiger partial charge in [0, 0.05) is 0 Å². The Morgan fingerprint density at radius 1 is 0.548 bits per heavy atom. The van der Waals surface area contributed by atoms with Crippen LogP contribution in [0.2, 0.25) is 0 Å². The number of hydrogen-bond acceptors (Lipinski definition) is 14. The van der Waals surface area contributed by atoms with Crippen LogP contribution in [0.3, 0.4) is 0 Å². The van der Waals surface area contributed by atoms with E-state index in [1.807, 2.05) is 13.8 Å². The fourth-order valence-corrected chi connectivity index (χ4v) is 6.30. The van der Waals surface area contributed by atoms with Crippen LogP contribution in [0.4, 0.5) is 0 Å². The SMILES string of the molecule is CSCC[C@H](NC(=O)[C@H](CC(C)C)NC(=O)[C@@H](NC(=O)[C@H](CCCCN)NC(=O)[C@@H](NC(=O)CN)[C@@H](C)O)C(C)C)C(=O)N[C@@H](C)C(=O)N[C@@H](CO)C(=O)N[C@H](C(=O)O)C(C)C. The minimum atomic E-state index is -1.53. The number of aliphatic carboxylic acids is 1. The van der Waals surface area contributed by atoms with Gasteiger partial charge < -0.3 is 69.3 Å². The van der Waals surface area contributed by atoms with Gasteiger partial charge in [-0.15, -0.1) is 0 Å². The van der Waals surface area contributed by atoms with Crippen molar-refractivity contribution in [2.24, 2.45) is 29.2 Å². The van der Waals surface area contributed by atoms with Gasteiger partial charge in [-0.05, 0) is 82.3 Å². The second-order valence-electron chi connectivity index (χ2n) is 16.1. The number of hydrogen-bond donors (Lipinski definition) is 13. The lowest BCUT2D eigenvalue weighted by Crippen LogP contribution is -2.61. The van der Waals surface area contributed by atoms with Crippen molar-refractivity contribution in [3.8, 4) is 0 Å². The molecule has 0 bridgehead atoms. The van der Waals surface area contributed by atoms with Crippen LogP contribution in [0.15, 0.2) is 0 Å². The van der Waals surface area contributed by atoms with Crippen LogP contribution >= 0.6 is 11.8 Å². The second-order valence-corrected chi connectivity index (χ2v) is 17.1. The number of amides is 8. The summed E-state index contributed by atoms with van der Waals surface area (Å²) in [5, 5.41) is 49.3. The largest absolute Gasteiger partial charge is 0.480 e. The first kappa shape index (κ1) is 57.4. The molecule has 22 nitrogen and oxygen atoms in total. The fourth-order valence-electron chi connectivity index (χ4n) is 5.83. The molecule has 62 heavy (non-hydrogen) atoms. The Hall–Kier alpha value is -4.58. The summed E-state index contributed by atoms with van der Waals surface area (Å²) >= 11 is 1.38. The van der Waals surface area contributed by atoms with Crippen LogP contribution in [0.25, 0.3) is 0 Å². The molecule has 0 saturated carbocycles. The van der Waals surface area contributed by atoms with Gasteiger partial charge in [-0.3, -0.25) is 38.4 Å². The summed E-state index contributed by atoms with van der Waals surface area (Å²) in [5.41, 5.74) is 11.0. The molecule has 0 saturated heterocycles. The van der Waals surface area contributed by atoms with Crippen LogP contribution in [0.1, 0.15) is 87.5 Å². The number of unbranched alkanes of at least 4 members (excludes halogenated alkanes) is 1. The van der Waals surface area contributed by atoms with E-state index in [0.717, 1.165) is 0 Å². The van der Waals surface area contributed by atoms with Gasteiger partial charge in [0.2, 0.25) is 47.3 Å². The van der Waals surface area contributed by atoms with Gasteiger partial charge in [0.25, 0.3) is 0 Å². The third-order valence-electron chi connectivity index (χ3n) is 9.48. The Morgan fingerprint density at radius 3 is 1.50 bits per heavy atom. The first-order valence-electron chi connectivity index (χ1n) is 20.8. The highest BCUT2D eigenvalue weighted by atomic mass is 32.2. The van der Waals surface area contributed by atoms with Crippen LogP contribution in [0, 0.1) is 17.8 Å². The summed E-state index contributed by atoms with van der Waals surface area (Å²) in [6, 6.07) is -10.4. The van der Waals surface area contributed by atoms with Crippen LogP contribution in [-0.4, -0.2) is 155 Å². The van der Waals surface area contributed by atoms with E-state index in [1.165, 1.54) is 25.6 Å². The Kier molecular flexibility index (Phi) is 27.5. The number of carboxylic acids is 1. The molecule has 0 fully saturated rings. The van der Waals surface area contributed by atoms with E-state index in [9.17, 15) is 58.5 Å². The van der Waals surface area contributed by atoms with Crippen molar-refractivity contribution in [1.82, 2.24) is 42.5 Å². The molecule has 9 atom stereocenters. The van der Waals surface area contributed by atoms with E-state index in [1.54, 1.807) is 34.0 Å². The minimum absolute atomic E-state index is 0.0968. The van der Waals surface area contributed by atoms with Crippen molar-refractivity contribution in [2.75, 3.05) is 31.7 Å². The third-order valence-corrected chi connectivity index (χ3v) is 10.1. The number of carbonyl (C=O) groups excluding carboxylic acids is 8. The quantitative estimate of drug-likeness (QED) is 0.0312. The van der Waals surface area contributed by atoms with Gasteiger partial charge in [0.15, 0.2) is 0 Å². The minimum Gasteiger partial charge on any atom is -0.480 e. The molecule has 23 heteroatoms. The molecule has 0 rings (SSSR count). The molecule has 0 aromatic carbocycles. The second kappa shape index (κ2) is 29.7. The zero-order valence-electron chi connectivity index (χ0n) is 37.4. The number of rotatable bonds is 30. The summed E-state index contributed by atoms with van der Waals surface area (Å²) in [6.07, 6.45) is 1.66. The van der Waals surface area contributed by atoms with E-state index in [2.05, 4.69) is 42.5 Å². The molecule has 0 heterocycles. The number of thioether (sulfide) groups is 1. The van der Waals surface area contributed by atoms with Gasteiger partial charge in [-0.2, -0.15) is 11.8 Å². The molecule has 356 valence electrons. The molecule has 0 aliphatic heterocycles. The van der Waals surface area contributed by atoms with Crippen molar-refractivity contribution in [3.63, 3.8) is 0 Å². The molecule has 8 amide bonds. The summed E-state index contributed by atoms with van der Waals surface area (Å²) in [6.45, 7) is 11.6. The Labute approximate surface area is 368 Å². The number of aliphatic hydroxyl groups excluding tert-OH is 2. The topological polar surface area (TPSA) is 363 Å². The number of carboxylic acid groups (broad SMARTS) is 1. The summed E-state index contributed by atoms with van der Waals surface area (Å²) < 4.78 is 0. The van der Waals surface area contributed by atoms with E-state index in [4.69, 9.17) is 11.5 Å². The average molecular weight is 905 g/mol. The number of carbonyl (C=O) groups is 9. The van der Waals surface area contributed by atoms with E-state index in [-0.39, 0.29) is 25.2 Å². The van der Waals surface area contributed by atoms with Crippen LogP contribution < -0.4 is 54.0 Å². The maximum atomic E-state index is 13.9. The normalized spacial score (nSPS) is 15.7. The van der Waals surface area contributed by atoms with Crippen molar-refractivity contribution >= 4 is 65.0 Å². The summed E-state index contributed by atoms with van der Waals surface area (Å²) in [4.78, 5) is 117. The molecule has 0 spiro atoms. The summed E-state index contributed by atoms with van der Waals surface area (Å²) in [5.74, 6) is -8.48. The van der Waals surface area contributed by atoms with Crippen LogP contribution in [-0.2, 0) is 43.2 Å². The molecule has 0 radical (unpaired) electrons. The number of aliphatic hydroxyl groups is 2. The monoisotopic (exact) mass is 905 g/mol. The lowest BCUT2D eigenvalue weighted by atomic mass is 9.98. The van der Waals surface area contributed by atoms with E-state index >= 15 is 0 Å². The Morgan fingerprint density at radius 2 is 1.02 bits per heavy atom. The zero-order valence-corrected chi connectivity index (χ0v) is 38.2. The van der Waals surface area contributed by atoms with Gasteiger partial charge >= 0.3 is 5.97 Å². The Balaban J connectivity index is 6.18. The Bertz CT molecular complexity index is 1500. The van der Waals surface area contributed by atoms with Gasteiger partial charge in [0.05, 0.1) is 19.3 Å². The van der Waals surface area contributed by atoms with Crippen molar-refractivity contribution in [2.45, 2.75) is 142 Å². The predicted octanol–water partition coefficient (Wildman–Crippen LogP) is -3.46. The highest BCUT2D eigenvalue weighted by Gasteiger charge is 2.35. The highest BCUT2D eigenvalue weighted by molar-refractivity contribution is 7.98. The molecular weight excluding hydrogens is 833 g/mol. The highest BCUT2D eigenvalue weighted by Crippen LogP contribution is 2.12. The first-order chi connectivity index (χ1) is 28.9. The molecule has 0 aromatic rings. The predicted molar refractivity (Wildman–Crippen MR) is 232 cm³/mol. The lowest BCUT2D eigenvalue weighted by molar-refractivity contribution is -0.143. The smallest absolute Gasteiger partial charge is 0.326 e. The zero-order chi connectivity index (χ0) is 47.9. The van der Waals surface area contributed by atoms with Crippen LogP contribution in [0.5, 0.6) is 0 Å². The molecular formula is C39H72N10O12S. The third kappa shape index (κ3) is 21.0. The van der Waals surface area contributed by atoms with E-state index in [0.29, 0.717) is 25.1 Å².